The SMILES string of the molecule is COC1CN(c2c(Cl)cccc2C(=O)O)CCC1C. The van der Waals surface area contributed by atoms with Crippen LogP contribution in [0.1, 0.15) is 23.7 Å². The van der Waals surface area contributed by atoms with E-state index in [4.69, 9.17) is 16.3 Å². The number of para-hydroxylation sites is 1. The number of benzene rings is 1. The maximum atomic E-state index is 11.3. The molecule has 1 fully saturated rings. The minimum Gasteiger partial charge on any atom is -0.478 e. The van der Waals surface area contributed by atoms with Gasteiger partial charge in [0.1, 0.15) is 0 Å². The van der Waals surface area contributed by atoms with E-state index in [0.29, 0.717) is 23.2 Å². The van der Waals surface area contributed by atoms with Gasteiger partial charge in [0.2, 0.25) is 0 Å². The van der Waals surface area contributed by atoms with Crippen molar-refractivity contribution in [2.75, 3.05) is 25.1 Å². The highest BCUT2D eigenvalue weighted by molar-refractivity contribution is 6.34. The molecule has 0 bridgehead atoms. The number of nitrogens with zero attached hydrogens (tertiary/aromatic N) is 1. The van der Waals surface area contributed by atoms with Gasteiger partial charge in [-0.25, -0.2) is 4.79 Å². The molecule has 2 rings (SSSR count). The highest BCUT2D eigenvalue weighted by atomic mass is 35.5. The summed E-state index contributed by atoms with van der Waals surface area (Å²) in [5.41, 5.74) is 0.850. The number of hydrogen-bond acceptors (Lipinski definition) is 3. The van der Waals surface area contributed by atoms with Gasteiger partial charge in [-0.05, 0) is 24.5 Å². The van der Waals surface area contributed by atoms with Crippen LogP contribution in [0.5, 0.6) is 0 Å². The predicted molar refractivity (Wildman–Crippen MR) is 75.2 cm³/mol. The topological polar surface area (TPSA) is 49.8 Å². The van der Waals surface area contributed by atoms with Crippen LogP contribution in [0.2, 0.25) is 5.02 Å². The number of aromatic carboxylic acids is 1. The second kappa shape index (κ2) is 5.80. The van der Waals surface area contributed by atoms with E-state index in [0.717, 1.165) is 13.0 Å². The second-order valence-electron chi connectivity index (χ2n) is 4.93. The summed E-state index contributed by atoms with van der Waals surface area (Å²) in [5, 5.41) is 9.76. The summed E-state index contributed by atoms with van der Waals surface area (Å²) < 4.78 is 5.46. The number of rotatable bonds is 3. The molecule has 0 aromatic heterocycles. The molecule has 104 valence electrons. The lowest BCUT2D eigenvalue weighted by Gasteiger charge is -2.38. The van der Waals surface area contributed by atoms with E-state index in [1.807, 2.05) is 4.90 Å². The van der Waals surface area contributed by atoms with Crippen LogP contribution < -0.4 is 4.90 Å². The molecule has 1 aliphatic rings. The van der Waals surface area contributed by atoms with Crippen LogP contribution in [0, 0.1) is 5.92 Å². The molecule has 1 aromatic rings. The molecule has 0 amide bonds. The number of halogens is 1. The Morgan fingerprint density at radius 3 is 2.89 bits per heavy atom. The molecule has 19 heavy (non-hydrogen) atoms. The maximum absolute atomic E-state index is 11.3. The Kier molecular flexibility index (Phi) is 4.32. The summed E-state index contributed by atoms with van der Waals surface area (Å²) in [5.74, 6) is -0.484. The molecule has 1 N–H and O–H groups in total. The van der Waals surface area contributed by atoms with Gasteiger partial charge in [-0.3, -0.25) is 0 Å². The molecule has 1 saturated heterocycles. The Morgan fingerprint density at radius 1 is 1.53 bits per heavy atom. The minimum atomic E-state index is -0.954. The van der Waals surface area contributed by atoms with Crippen molar-refractivity contribution in [1.82, 2.24) is 0 Å². The van der Waals surface area contributed by atoms with Gasteiger partial charge in [0, 0.05) is 20.2 Å². The standard InChI is InChI=1S/C14H18ClNO3/c1-9-6-7-16(8-12(9)19-2)13-10(14(17)18)4-3-5-11(13)15/h3-5,9,12H,6-8H2,1-2H3,(H,17,18). The third kappa shape index (κ3) is 2.85. The first-order valence-electron chi connectivity index (χ1n) is 6.34. The first-order chi connectivity index (χ1) is 9.04. The molecule has 1 aromatic carbocycles. The molecule has 4 nitrogen and oxygen atoms in total. The quantitative estimate of drug-likeness (QED) is 0.927. The van der Waals surface area contributed by atoms with E-state index in [-0.39, 0.29) is 11.7 Å². The second-order valence-corrected chi connectivity index (χ2v) is 5.33. The molecule has 0 saturated carbocycles. The Labute approximate surface area is 117 Å². The number of ether oxygens (including phenoxy) is 1. The number of carboxylic acids is 1. The molecule has 2 atom stereocenters. The van der Waals surface area contributed by atoms with Crippen LogP contribution in [-0.4, -0.2) is 37.4 Å². The third-order valence-electron chi connectivity index (χ3n) is 3.73. The molecular formula is C14H18ClNO3. The zero-order valence-electron chi connectivity index (χ0n) is 11.1. The molecule has 1 aliphatic heterocycles. The van der Waals surface area contributed by atoms with E-state index in [1.165, 1.54) is 0 Å². The van der Waals surface area contributed by atoms with Crippen molar-refractivity contribution in [2.45, 2.75) is 19.4 Å². The molecule has 0 spiro atoms. The van der Waals surface area contributed by atoms with Gasteiger partial charge in [-0.2, -0.15) is 0 Å². The van der Waals surface area contributed by atoms with E-state index >= 15 is 0 Å². The van der Waals surface area contributed by atoms with Crippen LogP contribution in [-0.2, 0) is 4.74 Å². The lowest BCUT2D eigenvalue weighted by atomic mass is 9.95. The van der Waals surface area contributed by atoms with Gasteiger partial charge in [0.05, 0.1) is 22.4 Å². The van der Waals surface area contributed by atoms with Gasteiger partial charge in [0.15, 0.2) is 0 Å². The lowest BCUT2D eigenvalue weighted by Crippen LogP contribution is -2.44. The van der Waals surface area contributed by atoms with Gasteiger partial charge < -0.3 is 14.7 Å². The Bertz CT molecular complexity index is 478. The first kappa shape index (κ1) is 14.2. The Balaban J connectivity index is 2.34. The van der Waals surface area contributed by atoms with Crippen molar-refractivity contribution in [2.24, 2.45) is 5.92 Å². The number of methoxy groups -OCH3 is 1. The fraction of sp³-hybridized carbons (Fsp3) is 0.500. The fourth-order valence-corrected chi connectivity index (χ4v) is 2.85. The van der Waals surface area contributed by atoms with Crippen LogP contribution in [0.25, 0.3) is 0 Å². The number of carboxylic acid groups (broad SMARTS) is 1. The number of piperidine rings is 1. The van der Waals surface area contributed by atoms with Crippen LogP contribution >= 0.6 is 11.6 Å². The normalized spacial score (nSPS) is 23.4. The Hall–Kier alpha value is -1.26. The van der Waals surface area contributed by atoms with Crippen molar-refractivity contribution in [1.29, 1.82) is 0 Å². The summed E-state index contributed by atoms with van der Waals surface area (Å²) in [6, 6.07) is 4.97. The number of carbonyl (C=O) groups is 1. The largest absolute Gasteiger partial charge is 0.478 e. The average Bonchev–Trinajstić information content (AvgIpc) is 2.39. The van der Waals surface area contributed by atoms with Crippen molar-refractivity contribution in [3.8, 4) is 0 Å². The molecule has 5 heteroatoms. The molecule has 2 unspecified atom stereocenters. The monoisotopic (exact) mass is 283 g/mol. The van der Waals surface area contributed by atoms with Crippen LogP contribution in [0.3, 0.4) is 0 Å². The predicted octanol–water partition coefficient (Wildman–Crippen LogP) is 2.90. The number of hydrogen-bond donors (Lipinski definition) is 1. The van der Waals surface area contributed by atoms with Crippen LogP contribution in [0.4, 0.5) is 5.69 Å². The van der Waals surface area contributed by atoms with Gasteiger partial charge in [-0.15, -0.1) is 0 Å². The van der Waals surface area contributed by atoms with E-state index < -0.39 is 5.97 Å². The summed E-state index contributed by atoms with van der Waals surface area (Å²) >= 11 is 6.19. The zero-order valence-corrected chi connectivity index (χ0v) is 11.9. The van der Waals surface area contributed by atoms with Crippen LogP contribution in [0.15, 0.2) is 18.2 Å². The maximum Gasteiger partial charge on any atom is 0.337 e. The summed E-state index contributed by atoms with van der Waals surface area (Å²) in [6.45, 7) is 3.61. The first-order valence-corrected chi connectivity index (χ1v) is 6.72. The fourth-order valence-electron chi connectivity index (χ4n) is 2.55. The van der Waals surface area contributed by atoms with E-state index in [9.17, 15) is 9.90 Å². The average molecular weight is 284 g/mol. The molecule has 1 heterocycles. The van der Waals surface area contributed by atoms with Gasteiger partial charge >= 0.3 is 5.97 Å². The summed E-state index contributed by atoms with van der Waals surface area (Å²) in [6.07, 6.45) is 1.06. The zero-order chi connectivity index (χ0) is 14.0. The van der Waals surface area contributed by atoms with Gasteiger partial charge in [-0.1, -0.05) is 24.6 Å². The molecule has 0 aliphatic carbocycles. The Morgan fingerprint density at radius 2 is 2.26 bits per heavy atom. The third-order valence-corrected chi connectivity index (χ3v) is 4.03. The lowest BCUT2D eigenvalue weighted by molar-refractivity contribution is 0.0496. The van der Waals surface area contributed by atoms with E-state index in [1.54, 1.807) is 25.3 Å². The minimum absolute atomic E-state index is 0.103. The summed E-state index contributed by atoms with van der Waals surface area (Å²) in [7, 11) is 1.69. The van der Waals surface area contributed by atoms with Crippen molar-refractivity contribution >= 4 is 23.3 Å². The van der Waals surface area contributed by atoms with Crippen molar-refractivity contribution in [3.05, 3.63) is 28.8 Å². The molecule has 0 radical (unpaired) electrons. The van der Waals surface area contributed by atoms with E-state index in [2.05, 4.69) is 6.92 Å². The summed E-state index contributed by atoms with van der Waals surface area (Å²) in [4.78, 5) is 13.3. The van der Waals surface area contributed by atoms with Crippen molar-refractivity contribution < 1.29 is 14.6 Å². The molecular weight excluding hydrogens is 266 g/mol. The number of anilines is 1. The highest BCUT2D eigenvalue weighted by Crippen LogP contribution is 2.33. The van der Waals surface area contributed by atoms with Crippen molar-refractivity contribution in [3.63, 3.8) is 0 Å². The van der Waals surface area contributed by atoms with Gasteiger partial charge in [0.25, 0.3) is 0 Å². The smallest absolute Gasteiger partial charge is 0.337 e. The highest BCUT2D eigenvalue weighted by Gasteiger charge is 2.29.